The molecule has 0 aliphatic heterocycles. The van der Waals surface area contributed by atoms with Gasteiger partial charge in [0.2, 0.25) is 5.82 Å². The standard InChI is InChI=1S/C14H7F5O4S/c1-6(20)7-4-2-3-5-8(7)23-24(21,22)14-12(18)10(16)9(15)11(17)13(14)19/h2-5H,1H3. The lowest BCUT2D eigenvalue weighted by Crippen LogP contribution is -2.18. The Labute approximate surface area is 132 Å². The second-order valence-electron chi connectivity index (χ2n) is 4.49. The highest BCUT2D eigenvalue weighted by molar-refractivity contribution is 7.87. The maximum absolute atomic E-state index is 13.6. The number of carbonyl (C=O) groups excluding carboxylic acids is 1. The molecule has 0 atom stereocenters. The van der Waals surface area contributed by atoms with E-state index in [0.717, 1.165) is 19.1 Å². The second kappa shape index (κ2) is 6.19. The van der Waals surface area contributed by atoms with Crippen molar-refractivity contribution in [1.82, 2.24) is 0 Å². The van der Waals surface area contributed by atoms with E-state index in [1.807, 2.05) is 0 Å². The summed E-state index contributed by atoms with van der Waals surface area (Å²) >= 11 is 0. The van der Waals surface area contributed by atoms with Gasteiger partial charge in [0.25, 0.3) is 0 Å². The van der Waals surface area contributed by atoms with Crippen molar-refractivity contribution < 1.29 is 39.3 Å². The van der Waals surface area contributed by atoms with Crippen molar-refractivity contribution in [2.45, 2.75) is 11.8 Å². The minimum atomic E-state index is -5.44. The molecule has 2 aromatic carbocycles. The number of ketones is 1. The van der Waals surface area contributed by atoms with E-state index in [2.05, 4.69) is 4.18 Å². The summed E-state index contributed by atoms with van der Waals surface area (Å²) < 4.78 is 94.8. The molecule has 128 valence electrons. The van der Waals surface area contributed by atoms with Crippen molar-refractivity contribution in [3.8, 4) is 5.75 Å². The molecule has 2 aromatic rings. The number of carbonyl (C=O) groups is 1. The topological polar surface area (TPSA) is 60.4 Å². The third-order valence-electron chi connectivity index (χ3n) is 2.89. The van der Waals surface area contributed by atoms with Crippen LogP contribution in [0.15, 0.2) is 29.2 Å². The van der Waals surface area contributed by atoms with Gasteiger partial charge >= 0.3 is 10.1 Å². The van der Waals surface area contributed by atoms with Gasteiger partial charge in [-0.15, -0.1) is 0 Å². The molecule has 0 saturated heterocycles. The number of halogens is 5. The average Bonchev–Trinajstić information content (AvgIpc) is 2.50. The summed E-state index contributed by atoms with van der Waals surface area (Å²) in [5, 5.41) is 0. The summed E-state index contributed by atoms with van der Waals surface area (Å²) in [5.74, 6) is -13.8. The lowest BCUT2D eigenvalue weighted by Gasteiger charge is -2.12. The van der Waals surface area contributed by atoms with Gasteiger partial charge in [0.15, 0.2) is 39.7 Å². The van der Waals surface area contributed by atoms with Gasteiger partial charge in [-0.1, -0.05) is 12.1 Å². The molecular weight excluding hydrogens is 359 g/mol. The highest BCUT2D eigenvalue weighted by atomic mass is 32.2. The van der Waals surface area contributed by atoms with Crippen molar-refractivity contribution in [3.63, 3.8) is 0 Å². The summed E-state index contributed by atoms with van der Waals surface area (Å²) in [7, 11) is -5.44. The zero-order chi connectivity index (χ0) is 18.2. The van der Waals surface area contributed by atoms with Crippen LogP contribution in [0.1, 0.15) is 17.3 Å². The zero-order valence-corrected chi connectivity index (χ0v) is 12.6. The Hall–Kier alpha value is -2.49. The molecule has 0 saturated carbocycles. The monoisotopic (exact) mass is 366 g/mol. The van der Waals surface area contributed by atoms with Gasteiger partial charge in [0, 0.05) is 0 Å². The lowest BCUT2D eigenvalue weighted by atomic mass is 10.1. The summed E-state index contributed by atoms with van der Waals surface area (Å²) in [4.78, 5) is 9.24. The van der Waals surface area contributed by atoms with E-state index in [1.54, 1.807) is 0 Å². The summed E-state index contributed by atoms with van der Waals surface area (Å²) in [5.41, 5.74) is -0.259. The largest absolute Gasteiger partial charge is 0.378 e. The summed E-state index contributed by atoms with van der Waals surface area (Å²) in [6.07, 6.45) is 0. The van der Waals surface area contributed by atoms with Crippen molar-refractivity contribution in [2.24, 2.45) is 0 Å². The van der Waals surface area contributed by atoms with E-state index in [0.29, 0.717) is 0 Å². The number of hydrogen-bond donors (Lipinski definition) is 0. The highest BCUT2D eigenvalue weighted by Gasteiger charge is 2.35. The molecular formula is C14H7F5O4S. The van der Waals surface area contributed by atoms with Crippen molar-refractivity contribution in [2.75, 3.05) is 0 Å². The minimum absolute atomic E-state index is 0.259. The van der Waals surface area contributed by atoms with Crippen LogP contribution in [-0.2, 0) is 10.1 Å². The molecule has 0 fully saturated rings. The number of hydrogen-bond acceptors (Lipinski definition) is 4. The molecule has 0 radical (unpaired) electrons. The predicted octanol–water partition coefficient (Wildman–Crippen LogP) is 3.35. The van der Waals surface area contributed by atoms with Gasteiger partial charge in [-0.05, 0) is 19.1 Å². The fourth-order valence-corrected chi connectivity index (χ4v) is 2.88. The van der Waals surface area contributed by atoms with Crippen LogP contribution in [0.5, 0.6) is 5.75 Å². The SMILES string of the molecule is CC(=O)c1ccccc1OS(=O)(=O)c1c(F)c(F)c(F)c(F)c1F. The Morgan fingerprint density at radius 2 is 1.33 bits per heavy atom. The van der Waals surface area contributed by atoms with E-state index in [9.17, 15) is 35.2 Å². The minimum Gasteiger partial charge on any atom is -0.378 e. The van der Waals surface area contributed by atoms with Gasteiger partial charge in [-0.25, -0.2) is 22.0 Å². The van der Waals surface area contributed by atoms with E-state index in [-0.39, 0.29) is 5.56 Å². The van der Waals surface area contributed by atoms with Crippen LogP contribution in [0.3, 0.4) is 0 Å². The number of para-hydroxylation sites is 1. The van der Waals surface area contributed by atoms with Crippen LogP contribution < -0.4 is 4.18 Å². The Kier molecular flexibility index (Phi) is 4.61. The third-order valence-corrected chi connectivity index (χ3v) is 4.14. The summed E-state index contributed by atoms with van der Waals surface area (Å²) in [6.45, 7) is 1.06. The van der Waals surface area contributed by atoms with Crippen molar-refractivity contribution >= 4 is 15.9 Å². The number of Topliss-reactive ketones (excluding diaryl/α,β-unsaturated/α-hetero) is 1. The van der Waals surface area contributed by atoms with Gasteiger partial charge in [-0.3, -0.25) is 4.79 Å². The quantitative estimate of drug-likeness (QED) is 0.274. The smallest absolute Gasteiger partial charge is 0.345 e. The first-order valence-electron chi connectivity index (χ1n) is 6.13. The lowest BCUT2D eigenvalue weighted by molar-refractivity contribution is 0.101. The molecule has 0 aromatic heterocycles. The normalized spacial score (nSPS) is 11.4. The maximum atomic E-state index is 13.6. The zero-order valence-electron chi connectivity index (χ0n) is 11.7. The molecule has 2 rings (SSSR count). The first kappa shape index (κ1) is 17.9. The van der Waals surface area contributed by atoms with Gasteiger partial charge in [-0.2, -0.15) is 8.42 Å². The van der Waals surface area contributed by atoms with Crippen LogP contribution >= 0.6 is 0 Å². The third kappa shape index (κ3) is 2.96. The first-order valence-corrected chi connectivity index (χ1v) is 7.54. The van der Waals surface area contributed by atoms with Crippen molar-refractivity contribution in [1.29, 1.82) is 0 Å². The fourth-order valence-electron chi connectivity index (χ4n) is 1.79. The molecule has 0 aliphatic carbocycles. The van der Waals surface area contributed by atoms with Crippen LogP contribution in [-0.4, -0.2) is 14.2 Å². The molecule has 0 heterocycles. The molecule has 0 spiro atoms. The average molecular weight is 366 g/mol. The van der Waals surface area contributed by atoms with E-state index in [4.69, 9.17) is 0 Å². The van der Waals surface area contributed by atoms with Gasteiger partial charge in [0.05, 0.1) is 5.56 Å². The molecule has 4 nitrogen and oxygen atoms in total. The van der Waals surface area contributed by atoms with Crippen LogP contribution in [0.4, 0.5) is 22.0 Å². The fraction of sp³-hybridized carbons (Fsp3) is 0.0714. The van der Waals surface area contributed by atoms with Crippen LogP contribution in [0, 0.1) is 29.1 Å². The Morgan fingerprint density at radius 3 is 1.83 bits per heavy atom. The Bertz CT molecular complexity index is 911. The predicted molar refractivity (Wildman–Crippen MR) is 70.5 cm³/mol. The molecule has 10 heteroatoms. The van der Waals surface area contributed by atoms with Gasteiger partial charge < -0.3 is 4.18 Å². The molecule has 0 aliphatic rings. The molecule has 0 bridgehead atoms. The highest BCUT2D eigenvalue weighted by Crippen LogP contribution is 2.30. The van der Waals surface area contributed by atoms with Crippen LogP contribution in [0.2, 0.25) is 0 Å². The van der Waals surface area contributed by atoms with Crippen molar-refractivity contribution in [3.05, 3.63) is 58.9 Å². The van der Waals surface area contributed by atoms with Crippen LogP contribution in [0.25, 0.3) is 0 Å². The molecule has 0 N–H and O–H groups in total. The van der Waals surface area contributed by atoms with E-state index >= 15 is 0 Å². The van der Waals surface area contributed by atoms with Gasteiger partial charge in [0.1, 0.15) is 0 Å². The number of rotatable bonds is 4. The number of benzene rings is 2. The Balaban J connectivity index is 2.64. The molecule has 0 amide bonds. The molecule has 24 heavy (non-hydrogen) atoms. The second-order valence-corrected chi connectivity index (χ2v) is 5.97. The maximum Gasteiger partial charge on any atom is 0.345 e. The van der Waals surface area contributed by atoms with E-state index in [1.165, 1.54) is 12.1 Å². The molecule has 0 unspecified atom stereocenters. The van der Waals surface area contributed by atoms with E-state index < -0.39 is 55.6 Å². The Morgan fingerprint density at radius 1 is 0.875 bits per heavy atom. The summed E-state index contributed by atoms with van der Waals surface area (Å²) in [6, 6.07) is 4.75. The first-order chi connectivity index (χ1) is 11.1.